The number of piperazine rings is 1. The molecule has 0 aliphatic carbocycles. The van der Waals surface area contributed by atoms with Gasteiger partial charge in [-0.1, -0.05) is 29.8 Å². The van der Waals surface area contributed by atoms with Crippen LogP contribution in [0.5, 0.6) is 0 Å². The van der Waals surface area contributed by atoms with E-state index < -0.39 is 5.60 Å². The van der Waals surface area contributed by atoms with Gasteiger partial charge in [-0.15, -0.1) is 0 Å². The van der Waals surface area contributed by atoms with E-state index in [9.17, 15) is 9.90 Å². The molecule has 1 fully saturated rings. The van der Waals surface area contributed by atoms with Crippen molar-refractivity contribution in [3.05, 3.63) is 34.9 Å². The topological polar surface area (TPSA) is 43.8 Å². The van der Waals surface area contributed by atoms with Crippen molar-refractivity contribution in [1.82, 2.24) is 9.80 Å². The van der Waals surface area contributed by atoms with Gasteiger partial charge in [0.2, 0.25) is 5.91 Å². The van der Waals surface area contributed by atoms with E-state index in [1.807, 2.05) is 43.0 Å². The van der Waals surface area contributed by atoms with Crippen LogP contribution in [0.1, 0.15) is 25.8 Å². The zero-order valence-electron chi connectivity index (χ0n) is 13.4. The van der Waals surface area contributed by atoms with Crippen molar-refractivity contribution in [2.24, 2.45) is 0 Å². The maximum Gasteiger partial charge on any atom is 0.222 e. The summed E-state index contributed by atoms with van der Waals surface area (Å²) in [6, 6.07) is 7.67. The molecule has 0 unspecified atom stereocenters. The number of benzene rings is 1. The van der Waals surface area contributed by atoms with Crippen LogP contribution in [0.15, 0.2) is 24.3 Å². The van der Waals surface area contributed by atoms with Gasteiger partial charge in [0.1, 0.15) is 0 Å². The maximum atomic E-state index is 12.3. The molecule has 2 rings (SSSR count). The van der Waals surface area contributed by atoms with Crippen LogP contribution in [0.4, 0.5) is 0 Å². The quantitative estimate of drug-likeness (QED) is 0.903. The summed E-state index contributed by atoms with van der Waals surface area (Å²) in [5.41, 5.74) is 0.342. The van der Waals surface area contributed by atoms with Crippen molar-refractivity contribution in [3.8, 4) is 0 Å². The molecule has 1 saturated heterocycles. The van der Waals surface area contributed by atoms with Crippen molar-refractivity contribution < 1.29 is 9.90 Å². The highest BCUT2D eigenvalue weighted by molar-refractivity contribution is 6.31. The van der Waals surface area contributed by atoms with E-state index in [1.165, 1.54) is 0 Å². The SMILES string of the molecule is CC(C)(O)CN1CCN(C(=O)CCc2ccccc2Cl)CC1. The maximum absolute atomic E-state index is 12.3. The summed E-state index contributed by atoms with van der Waals surface area (Å²) in [7, 11) is 0. The standard InChI is InChI=1S/C17H25ClN2O2/c1-17(2,22)13-19-9-11-20(12-10-19)16(21)8-7-14-5-3-4-6-15(14)18/h3-6,22H,7-13H2,1-2H3. The van der Waals surface area contributed by atoms with Crippen LogP contribution in [0.25, 0.3) is 0 Å². The van der Waals surface area contributed by atoms with Gasteiger partial charge in [0.15, 0.2) is 0 Å². The van der Waals surface area contributed by atoms with Gasteiger partial charge in [-0.2, -0.15) is 0 Å². The van der Waals surface area contributed by atoms with E-state index in [0.717, 1.165) is 36.8 Å². The molecule has 0 bridgehead atoms. The number of β-amino-alcohol motifs (C(OH)–C–C–N with tert-alkyl or cyclic N) is 1. The number of halogens is 1. The second-order valence-corrected chi connectivity index (χ2v) is 6.97. The Kier molecular flexibility index (Phi) is 5.84. The third-order valence-corrected chi connectivity index (χ3v) is 4.27. The zero-order chi connectivity index (χ0) is 16.2. The van der Waals surface area contributed by atoms with Gasteiger partial charge < -0.3 is 10.0 Å². The Labute approximate surface area is 137 Å². The molecule has 1 aromatic carbocycles. The van der Waals surface area contributed by atoms with E-state index in [1.54, 1.807) is 0 Å². The summed E-state index contributed by atoms with van der Waals surface area (Å²) in [5, 5.41) is 10.6. The minimum absolute atomic E-state index is 0.183. The fourth-order valence-electron chi connectivity index (χ4n) is 2.80. The van der Waals surface area contributed by atoms with Crippen LogP contribution in [0.2, 0.25) is 5.02 Å². The normalized spacial score (nSPS) is 16.8. The molecule has 0 radical (unpaired) electrons. The molecule has 0 spiro atoms. The van der Waals surface area contributed by atoms with Crippen molar-refractivity contribution in [2.45, 2.75) is 32.3 Å². The molecule has 1 N–H and O–H groups in total. The monoisotopic (exact) mass is 324 g/mol. The average Bonchev–Trinajstić information content (AvgIpc) is 2.45. The number of hydrogen-bond acceptors (Lipinski definition) is 3. The number of hydrogen-bond donors (Lipinski definition) is 1. The molecular weight excluding hydrogens is 300 g/mol. The van der Waals surface area contributed by atoms with Crippen LogP contribution in [0, 0.1) is 0 Å². The van der Waals surface area contributed by atoms with Gasteiger partial charge in [0, 0.05) is 44.2 Å². The molecule has 1 amide bonds. The summed E-state index contributed by atoms with van der Waals surface area (Å²) >= 11 is 6.12. The summed E-state index contributed by atoms with van der Waals surface area (Å²) in [5.74, 6) is 0.183. The van der Waals surface area contributed by atoms with Gasteiger partial charge in [0.05, 0.1) is 5.60 Å². The fourth-order valence-corrected chi connectivity index (χ4v) is 3.03. The van der Waals surface area contributed by atoms with Gasteiger partial charge >= 0.3 is 0 Å². The molecule has 0 atom stereocenters. The third kappa shape index (κ3) is 5.27. The lowest BCUT2D eigenvalue weighted by atomic mass is 10.1. The third-order valence-electron chi connectivity index (χ3n) is 3.90. The smallest absolute Gasteiger partial charge is 0.222 e. The van der Waals surface area contributed by atoms with Crippen LogP contribution in [0.3, 0.4) is 0 Å². The average molecular weight is 325 g/mol. The first-order valence-corrected chi connectivity index (χ1v) is 8.19. The van der Waals surface area contributed by atoms with E-state index in [-0.39, 0.29) is 5.91 Å². The molecule has 4 nitrogen and oxygen atoms in total. The van der Waals surface area contributed by atoms with Gasteiger partial charge in [-0.05, 0) is 31.9 Å². The van der Waals surface area contributed by atoms with Gasteiger partial charge in [0.25, 0.3) is 0 Å². The minimum Gasteiger partial charge on any atom is -0.389 e. The highest BCUT2D eigenvalue weighted by atomic mass is 35.5. The van der Waals surface area contributed by atoms with E-state index in [2.05, 4.69) is 4.90 Å². The summed E-state index contributed by atoms with van der Waals surface area (Å²) in [6.45, 7) is 7.38. The highest BCUT2D eigenvalue weighted by Gasteiger charge is 2.24. The van der Waals surface area contributed by atoms with Crippen molar-refractivity contribution in [2.75, 3.05) is 32.7 Å². The molecule has 0 aromatic heterocycles. The Morgan fingerprint density at radius 2 is 1.86 bits per heavy atom. The lowest BCUT2D eigenvalue weighted by molar-refractivity contribution is -0.133. The Balaban J connectivity index is 1.77. The van der Waals surface area contributed by atoms with E-state index in [4.69, 9.17) is 11.6 Å². The molecule has 1 aromatic rings. The molecule has 122 valence electrons. The number of carbonyl (C=O) groups is 1. The van der Waals surface area contributed by atoms with Crippen LogP contribution in [-0.2, 0) is 11.2 Å². The summed E-state index contributed by atoms with van der Waals surface area (Å²) < 4.78 is 0. The van der Waals surface area contributed by atoms with Crippen LogP contribution >= 0.6 is 11.6 Å². The lowest BCUT2D eigenvalue weighted by Gasteiger charge is -2.37. The van der Waals surface area contributed by atoms with Crippen molar-refractivity contribution in [3.63, 3.8) is 0 Å². The lowest BCUT2D eigenvalue weighted by Crippen LogP contribution is -2.52. The molecule has 0 saturated carbocycles. The molecule has 22 heavy (non-hydrogen) atoms. The first-order valence-electron chi connectivity index (χ1n) is 7.81. The fraction of sp³-hybridized carbons (Fsp3) is 0.588. The summed E-state index contributed by atoms with van der Waals surface area (Å²) in [6.07, 6.45) is 1.18. The van der Waals surface area contributed by atoms with Gasteiger partial charge in [-0.25, -0.2) is 0 Å². The van der Waals surface area contributed by atoms with E-state index in [0.29, 0.717) is 19.4 Å². The van der Waals surface area contributed by atoms with Crippen molar-refractivity contribution >= 4 is 17.5 Å². The second kappa shape index (κ2) is 7.44. The molecule has 1 aliphatic heterocycles. The van der Waals surface area contributed by atoms with Crippen LogP contribution in [-0.4, -0.2) is 59.1 Å². The number of carbonyl (C=O) groups excluding carboxylic acids is 1. The Morgan fingerprint density at radius 1 is 1.23 bits per heavy atom. The highest BCUT2D eigenvalue weighted by Crippen LogP contribution is 2.17. The number of rotatable bonds is 5. The van der Waals surface area contributed by atoms with Crippen LogP contribution < -0.4 is 0 Å². The number of aryl methyl sites for hydroxylation is 1. The minimum atomic E-state index is -0.684. The molecular formula is C17H25ClN2O2. The van der Waals surface area contributed by atoms with Crippen molar-refractivity contribution in [1.29, 1.82) is 0 Å². The zero-order valence-corrected chi connectivity index (χ0v) is 14.1. The molecule has 1 heterocycles. The Bertz CT molecular complexity index is 506. The number of aliphatic hydroxyl groups is 1. The molecule has 1 aliphatic rings. The second-order valence-electron chi connectivity index (χ2n) is 6.56. The number of nitrogens with zero attached hydrogens (tertiary/aromatic N) is 2. The predicted molar refractivity (Wildman–Crippen MR) is 89.1 cm³/mol. The summed E-state index contributed by atoms with van der Waals surface area (Å²) in [4.78, 5) is 16.4. The first kappa shape index (κ1) is 17.3. The first-order chi connectivity index (χ1) is 10.3. The predicted octanol–water partition coefficient (Wildman–Crippen LogP) is 2.19. The Hall–Kier alpha value is -1.10. The van der Waals surface area contributed by atoms with E-state index >= 15 is 0 Å². The molecule has 5 heteroatoms. The Morgan fingerprint density at radius 3 is 2.45 bits per heavy atom. The van der Waals surface area contributed by atoms with Gasteiger partial charge in [-0.3, -0.25) is 9.69 Å². The largest absolute Gasteiger partial charge is 0.389 e. The number of amides is 1.